The zero-order chi connectivity index (χ0) is 23.8. The van der Waals surface area contributed by atoms with E-state index in [1.807, 2.05) is 33.0 Å². The summed E-state index contributed by atoms with van der Waals surface area (Å²) >= 11 is 0. The van der Waals surface area contributed by atoms with E-state index in [9.17, 15) is 9.90 Å². The van der Waals surface area contributed by atoms with Crippen LogP contribution in [0, 0.1) is 6.92 Å². The summed E-state index contributed by atoms with van der Waals surface area (Å²) in [5.41, 5.74) is 3.95. The fourth-order valence-corrected chi connectivity index (χ4v) is 4.42. The van der Waals surface area contributed by atoms with Gasteiger partial charge in [-0.2, -0.15) is 10.2 Å². The van der Waals surface area contributed by atoms with Gasteiger partial charge in [-0.3, -0.25) is 14.8 Å². The highest BCUT2D eigenvalue weighted by atomic mass is 16.5. The Balaban J connectivity index is 1.50. The molecule has 0 bridgehead atoms. The summed E-state index contributed by atoms with van der Waals surface area (Å²) in [5, 5.41) is 24.8. The van der Waals surface area contributed by atoms with Gasteiger partial charge in [-0.15, -0.1) is 0 Å². The molecule has 4 rings (SSSR count). The number of amides is 1. The summed E-state index contributed by atoms with van der Waals surface area (Å²) in [6, 6.07) is 2.01. The van der Waals surface area contributed by atoms with E-state index in [4.69, 9.17) is 4.74 Å². The van der Waals surface area contributed by atoms with Gasteiger partial charge in [0.1, 0.15) is 12.0 Å². The first-order valence-electron chi connectivity index (χ1n) is 11.4. The van der Waals surface area contributed by atoms with Crippen LogP contribution in [0.4, 0.5) is 0 Å². The number of carbonyl (C=O) groups excluding carboxylic acids is 1. The van der Waals surface area contributed by atoms with E-state index in [1.54, 1.807) is 18.4 Å². The largest absolute Gasteiger partial charge is 0.389 e. The zero-order valence-corrected chi connectivity index (χ0v) is 19.9. The summed E-state index contributed by atoms with van der Waals surface area (Å²) < 4.78 is 7.55. The minimum atomic E-state index is -0.767. The van der Waals surface area contributed by atoms with Crippen LogP contribution in [-0.2, 0) is 4.74 Å². The van der Waals surface area contributed by atoms with Gasteiger partial charge in [0.15, 0.2) is 5.65 Å². The maximum atomic E-state index is 13.1. The normalized spacial score (nSPS) is 17.7. The number of fused-ring (bicyclic) bond motifs is 1. The SMILES string of the molecule is Cc1cc(-c2n[nH]c(C(=O)NCC3CN(CC(C)(C)O)CCO3)c2C(C)C)cn2ncnc12. The van der Waals surface area contributed by atoms with E-state index < -0.39 is 5.60 Å². The Hall–Kier alpha value is -2.82. The Morgan fingerprint density at radius 3 is 2.94 bits per heavy atom. The first-order chi connectivity index (χ1) is 15.6. The smallest absolute Gasteiger partial charge is 0.269 e. The van der Waals surface area contributed by atoms with Crippen molar-refractivity contribution in [3.8, 4) is 11.3 Å². The molecule has 3 aromatic heterocycles. The molecule has 4 heterocycles. The molecule has 0 spiro atoms. The van der Waals surface area contributed by atoms with Crippen LogP contribution in [-0.4, -0.2) is 85.2 Å². The molecule has 178 valence electrons. The second kappa shape index (κ2) is 9.20. The number of carbonyl (C=O) groups is 1. The third-order valence-corrected chi connectivity index (χ3v) is 5.76. The summed E-state index contributed by atoms with van der Waals surface area (Å²) in [6.07, 6.45) is 3.27. The molecule has 1 amide bonds. The van der Waals surface area contributed by atoms with E-state index in [0.29, 0.717) is 31.9 Å². The Kier molecular flexibility index (Phi) is 6.51. The van der Waals surface area contributed by atoms with E-state index in [1.165, 1.54) is 6.33 Å². The lowest BCUT2D eigenvalue weighted by Crippen LogP contribution is -2.51. The maximum Gasteiger partial charge on any atom is 0.269 e. The van der Waals surface area contributed by atoms with Gasteiger partial charge in [-0.25, -0.2) is 9.50 Å². The van der Waals surface area contributed by atoms with Gasteiger partial charge in [0.05, 0.1) is 24.0 Å². The van der Waals surface area contributed by atoms with Crippen molar-refractivity contribution in [2.24, 2.45) is 0 Å². The number of nitrogens with zero attached hydrogens (tertiary/aromatic N) is 5. The standard InChI is InChI=1S/C23H33N7O3/c1-14(2)18-19(16-8-15(3)21-25-13-26-30(21)10-16)27-28-20(18)22(31)24-9-17-11-29(6-7-33-17)12-23(4,5)32/h8,10,13-14,17,32H,6-7,9,11-12H2,1-5H3,(H,24,31)(H,27,28). The van der Waals surface area contributed by atoms with Gasteiger partial charge >= 0.3 is 0 Å². The summed E-state index contributed by atoms with van der Waals surface area (Å²) in [7, 11) is 0. The number of hydrogen-bond donors (Lipinski definition) is 3. The first kappa shape index (κ1) is 23.3. The second-order valence-electron chi connectivity index (χ2n) is 9.71. The number of rotatable bonds is 7. The average molecular weight is 456 g/mol. The fourth-order valence-electron chi connectivity index (χ4n) is 4.42. The van der Waals surface area contributed by atoms with Crippen molar-refractivity contribution in [1.82, 2.24) is 35.0 Å². The van der Waals surface area contributed by atoms with Crippen LogP contribution in [0.15, 0.2) is 18.6 Å². The van der Waals surface area contributed by atoms with Gasteiger partial charge in [0.25, 0.3) is 5.91 Å². The number of ether oxygens (including phenoxy) is 1. The predicted molar refractivity (Wildman–Crippen MR) is 124 cm³/mol. The molecule has 1 fully saturated rings. The highest BCUT2D eigenvalue weighted by Gasteiger charge is 2.27. The number of H-pyrrole nitrogens is 1. The quantitative estimate of drug-likeness (QED) is 0.496. The number of β-amino-alcohol motifs (C(OH)–C–C–N with tert-alkyl or cyclic N) is 1. The molecule has 1 saturated heterocycles. The van der Waals surface area contributed by atoms with E-state index in [2.05, 4.69) is 30.5 Å². The molecule has 3 aromatic rings. The lowest BCUT2D eigenvalue weighted by molar-refractivity contribution is -0.0531. The van der Waals surface area contributed by atoms with E-state index >= 15 is 0 Å². The third-order valence-electron chi connectivity index (χ3n) is 5.76. The molecule has 1 aliphatic rings. The molecule has 1 unspecified atom stereocenters. The number of nitrogens with one attached hydrogen (secondary N) is 2. The zero-order valence-electron chi connectivity index (χ0n) is 19.9. The molecule has 1 aliphatic heterocycles. The molecule has 33 heavy (non-hydrogen) atoms. The Morgan fingerprint density at radius 1 is 1.42 bits per heavy atom. The molecule has 10 nitrogen and oxygen atoms in total. The molecule has 1 atom stereocenters. The summed E-state index contributed by atoms with van der Waals surface area (Å²) in [6.45, 7) is 12.6. The number of pyridine rings is 1. The van der Waals surface area contributed by atoms with Crippen LogP contribution >= 0.6 is 0 Å². The third kappa shape index (κ3) is 5.23. The minimum Gasteiger partial charge on any atom is -0.389 e. The predicted octanol–water partition coefficient (Wildman–Crippen LogP) is 1.75. The summed E-state index contributed by atoms with van der Waals surface area (Å²) in [5.74, 6) is -0.126. The molecular weight excluding hydrogens is 422 g/mol. The minimum absolute atomic E-state index is 0.0828. The fraction of sp³-hybridized carbons (Fsp3) is 0.565. The van der Waals surface area contributed by atoms with Gasteiger partial charge in [-0.1, -0.05) is 13.8 Å². The topological polar surface area (TPSA) is 121 Å². The monoisotopic (exact) mass is 455 g/mol. The van der Waals surface area contributed by atoms with Crippen LogP contribution in [0.2, 0.25) is 0 Å². The molecule has 0 aliphatic carbocycles. The highest BCUT2D eigenvalue weighted by Crippen LogP contribution is 2.31. The second-order valence-corrected chi connectivity index (χ2v) is 9.71. The van der Waals surface area contributed by atoms with Gasteiger partial charge in [0, 0.05) is 43.5 Å². The van der Waals surface area contributed by atoms with Gasteiger partial charge < -0.3 is 15.2 Å². The highest BCUT2D eigenvalue weighted by molar-refractivity contribution is 5.95. The Labute approximate surface area is 193 Å². The van der Waals surface area contributed by atoms with Crippen LogP contribution in [0.5, 0.6) is 0 Å². The lowest BCUT2D eigenvalue weighted by Gasteiger charge is -2.36. The lowest BCUT2D eigenvalue weighted by atomic mass is 9.96. The molecular formula is C23H33N7O3. The van der Waals surface area contributed by atoms with Crippen molar-refractivity contribution in [3.05, 3.63) is 35.4 Å². The molecule has 10 heteroatoms. The number of morpholine rings is 1. The first-order valence-corrected chi connectivity index (χ1v) is 11.4. The summed E-state index contributed by atoms with van der Waals surface area (Å²) in [4.78, 5) is 19.5. The van der Waals surface area contributed by atoms with Crippen molar-refractivity contribution >= 4 is 11.6 Å². The molecule has 0 aromatic carbocycles. The van der Waals surface area contributed by atoms with Crippen LogP contribution in [0.25, 0.3) is 16.9 Å². The number of aryl methyl sites for hydroxylation is 1. The Morgan fingerprint density at radius 2 is 2.21 bits per heavy atom. The van der Waals surface area contributed by atoms with Crippen LogP contribution < -0.4 is 5.32 Å². The molecule has 0 saturated carbocycles. The van der Waals surface area contributed by atoms with Crippen molar-refractivity contribution in [3.63, 3.8) is 0 Å². The maximum absolute atomic E-state index is 13.1. The molecule has 0 radical (unpaired) electrons. The van der Waals surface area contributed by atoms with E-state index in [0.717, 1.165) is 34.6 Å². The van der Waals surface area contributed by atoms with Crippen LogP contribution in [0.1, 0.15) is 55.2 Å². The van der Waals surface area contributed by atoms with Crippen molar-refractivity contribution in [2.45, 2.75) is 52.2 Å². The number of hydrogen-bond acceptors (Lipinski definition) is 7. The van der Waals surface area contributed by atoms with Gasteiger partial charge in [0.2, 0.25) is 0 Å². The van der Waals surface area contributed by atoms with Crippen molar-refractivity contribution < 1.29 is 14.6 Å². The molecule has 3 N–H and O–H groups in total. The number of aliphatic hydroxyl groups is 1. The Bertz CT molecular complexity index is 1130. The van der Waals surface area contributed by atoms with Crippen molar-refractivity contribution in [1.29, 1.82) is 0 Å². The number of aromatic amines is 1. The van der Waals surface area contributed by atoms with E-state index in [-0.39, 0.29) is 17.9 Å². The van der Waals surface area contributed by atoms with Crippen molar-refractivity contribution in [2.75, 3.05) is 32.8 Å². The van der Waals surface area contributed by atoms with Gasteiger partial charge in [-0.05, 0) is 38.3 Å². The number of aromatic nitrogens is 5. The van der Waals surface area contributed by atoms with Crippen LogP contribution in [0.3, 0.4) is 0 Å². The average Bonchev–Trinajstić information content (AvgIpc) is 3.38.